The minimum absolute atomic E-state index is 0.782. The molecule has 3 aromatic rings. The van der Waals surface area contributed by atoms with Gasteiger partial charge >= 0.3 is 5.82 Å². The minimum atomic E-state index is 0.782. The molecule has 3 aromatic heterocycles. The Kier molecular flexibility index (Phi) is 5.17. The molecule has 112 valence electrons. The van der Waals surface area contributed by atoms with E-state index >= 15 is 0 Å². The Balaban J connectivity index is 0.000000847. The first-order valence-corrected chi connectivity index (χ1v) is 8.13. The topological polar surface area (TPSA) is 29.7 Å². The van der Waals surface area contributed by atoms with Crippen molar-refractivity contribution in [2.45, 2.75) is 20.8 Å². The summed E-state index contributed by atoms with van der Waals surface area (Å²) in [5.41, 5.74) is 3.13. The van der Waals surface area contributed by atoms with Crippen LogP contribution in [0.1, 0.15) is 30.5 Å². The van der Waals surface area contributed by atoms with Crippen LogP contribution in [-0.4, -0.2) is 10.2 Å². The smallest absolute Gasteiger partial charge is 0.184 e. The summed E-state index contributed by atoms with van der Waals surface area (Å²) in [4.78, 5) is 1.16. The van der Waals surface area contributed by atoms with Gasteiger partial charge in [-0.05, 0) is 35.1 Å². The summed E-state index contributed by atoms with van der Waals surface area (Å²) in [5.74, 6) is 0.782. The van der Waals surface area contributed by atoms with Gasteiger partial charge in [-0.3, -0.25) is 0 Å². The summed E-state index contributed by atoms with van der Waals surface area (Å²) in [6.07, 6.45) is 7.30. The van der Waals surface area contributed by atoms with Crippen LogP contribution in [0.3, 0.4) is 0 Å². The van der Waals surface area contributed by atoms with Gasteiger partial charge in [0, 0.05) is 10.9 Å². The van der Waals surface area contributed by atoms with Crippen LogP contribution in [0, 0.1) is 6.92 Å². The first kappa shape index (κ1) is 16.0. The average molecular weight is 310 g/mol. The van der Waals surface area contributed by atoms with Crippen molar-refractivity contribution in [3.63, 3.8) is 0 Å². The monoisotopic (exact) mass is 310 g/mol. The molecule has 3 nitrogen and oxygen atoms in total. The molecule has 0 bridgehead atoms. The zero-order chi connectivity index (χ0) is 16.1. The fourth-order valence-electron chi connectivity index (χ4n) is 2.25. The summed E-state index contributed by atoms with van der Waals surface area (Å²) in [6.45, 7) is 13.8. The summed E-state index contributed by atoms with van der Waals surface area (Å²) >= 11 is 1.69. The van der Waals surface area contributed by atoms with Crippen molar-refractivity contribution in [2.75, 3.05) is 0 Å². The highest BCUT2D eigenvalue weighted by Crippen LogP contribution is 2.23. The molecule has 0 aliphatic rings. The molecule has 0 saturated heterocycles. The second-order valence-electron chi connectivity index (χ2n) is 4.45. The quantitative estimate of drug-likeness (QED) is 0.662. The highest BCUT2D eigenvalue weighted by atomic mass is 32.1. The fourth-order valence-corrected chi connectivity index (χ4v) is 3.20. The van der Waals surface area contributed by atoms with E-state index in [1.165, 1.54) is 10.9 Å². The maximum atomic E-state index is 4.29. The van der Waals surface area contributed by atoms with Crippen LogP contribution < -0.4 is 4.57 Å². The van der Waals surface area contributed by atoms with E-state index in [-0.39, 0.29) is 0 Å². The third-order valence-corrected chi connectivity index (χ3v) is 4.23. The van der Waals surface area contributed by atoms with Gasteiger partial charge in [-0.25, -0.2) is 0 Å². The van der Waals surface area contributed by atoms with Crippen molar-refractivity contribution in [1.82, 2.24) is 10.2 Å². The molecule has 0 aliphatic heterocycles. The van der Waals surface area contributed by atoms with E-state index in [0.29, 0.717) is 0 Å². The molecular formula is C18H20N3S+. The molecule has 4 heteroatoms. The van der Waals surface area contributed by atoms with Crippen LogP contribution in [0.4, 0.5) is 0 Å². The molecule has 3 rings (SSSR count). The Morgan fingerprint density at radius 1 is 1.18 bits per heavy atom. The van der Waals surface area contributed by atoms with Gasteiger partial charge in [0.2, 0.25) is 0 Å². The van der Waals surface area contributed by atoms with Gasteiger partial charge < -0.3 is 0 Å². The lowest BCUT2D eigenvalue weighted by Crippen LogP contribution is -2.33. The molecule has 0 spiro atoms. The highest BCUT2D eigenvalue weighted by Gasteiger charge is 2.20. The maximum absolute atomic E-state index is 4.29. The fraction of sp³-hybridized carbons (Fsp3) is 0.167. The van der Waals surface area contributed by atoms with E-state index in [4.69, 9.17) is 0 Å². The number of rotatable bonds is 3. The molecule has 0 fully saturated rings. The van der Waals surface area contributed by atoms with E-state index < -0.39 is 0 Å². The standard InChI is InChI=1S/C16H14N3S.C2H6/c1-4-12-10-17-18-15(13(12)5-2)19-8-6-11(3)14-7-9-20-16(14)19;1-2/h4-10H,1-2H2,3H3;1-2H3/q+1;. The predicted molar refractivity (Wildman–Crippen MR) is 95.2 cm³/mol. The molecule has 0 unspecified atom stereocenters. The number of aryl methyl sites for hydroxylation is 1. The van der Waals surface area contributed by atoms with E-state index in [0.717, 1.165) is 21.8 Å². The second-order valence-corrected chi connectivity index (χ2v) is 5.35. The summed E-state index contributed by atoms with van der Waals surface area (Å²) in [6, 6.07) is 4.22. The molecule has 22 heavy (non-hydrogen) atoms. The molecule has 0 aromatic carbocycles. The number of thiophene rings is 1. The normalized spacial score (nSPS) is 9.95. The Bertz CT molecular complexity index is 818. The number of fused-ring (bicyclic) bond motifs is 1. The average Bonchev–Trinajstić information content (AvgIpc) is 3.07. The minimum Gasteiger partial charge on any atom is -0.184 e. The maximum Gasteiger partial charge on any atom is 0.364 e. The molecular weight excluding hydrogens is 290 g/mol. The Labute approximate surface area is 135 Å². The van der Waals surface area contributed by atoms with Crippen molar-refractivity contribution < 1.29 is 4.57 Å². The summed E-state index contributed by atoms with van der Waals surface area (Å²) < 4.78 is 2.06. The van der Waals surface area contributed by atoms with Crippen LogP contribution in [0.15, 0.2) is 43.1 Å². The van der Waals surface area contributed by atoms with Gasteiger partial charge in [-0.2, -0.15) is 4.57 Å². The van der Waals surface area contributed by atoms with Gasteiger partial charge in [0.25, 0.3) is 0 Å². The van der Waals surface area contributed by atoms with E-state index in [9.17, 15) is 0 Å². The Morgan fingerprint density at radius 2 is 1.95 bits per heavy atom. The number of hydrogen-bond acceptors (Lipinski definition) is 3. The number of nitrogens with zero attached hydrogens (tertiary/aromatic N) is 3. The first-order chi connectivity index (χ1) is 10.8. The molecule has 0 aliphatic carbocycles. The van der Waals surface area contributed by atoms with Crippen molar-refractivity contribution >= 4 is 33.7 Å². The van der Waals surface area contributed by atoms with Gasteiger partial charge in [0.15, 0.2) is 4.83 Å². The lowest BCUT2D eigenvalue weighted by Gasteiger charge is -2.04. The number of aromatic nitrogens is 3. The molecule has 0 amide bonds. The lowest BCUT2D eigenvalue weighted by molar-refractivity contribution is -0.569. The predicted octanol–water partition coefficient (Wildman–Crippen LogP) is 4.59. The SMILES string of the molecule is C=Cc1cnnc(-[n+]2ccc(C)c3ccsc32)c1C=C.CC. The summed E-state index contributed by atoms with van der Waals surface area (Å²) in [7, 11) is 0. The summed E-state index contributed by atoms with van der Waals surface area (Å²) in [5, 5.41) is 11.7. The Hall–Kier alpha value is -2.33. The zero-order valence-electron chi connectivity index (χ0n) is 13.2. The number of hydrogen-bond donors (Lipinski definition) is 0. The molecule has 0 saturated carbocycles. The van der Waals surface area contributed by atoms with Crippen molar-refractivity contribution in [3.05, 3.63) is 59.8 Å². The van der Waals surface area contributed by atoms with Crippen LogP contribution in [0.5, 0.6) is 0 Å². The lowest BCUT2D eigenvalue weighted by atomic mass is 10.1. The van der Waals surface area contributed by atoms with Crippen LogP contribution >= 0.6 is 11.3 Å². The van der Waals surface area contributed by atoms with Crippen LogP contribution in [-0.2, 0) is 0 Å². The third kappa shape index (κ3) is 2.70. The third-order valence-electron chi connectivity index (χ3n) is 3.32. The van der Waals surface area contributed by atoms with Gasteiger partial charge in [0.05, 0.1) is 23.1 Å². The second kappa shape index (κ2) is 7.09. The van der Waals surface area contributed by atoms with Crippen LogP contribution in [0.2, 0.25) is 0 Å². The molecule has 0 N–H and O–H groups in total. The van der Waals surface area contributed by atoms with E-state index in [1.807, 2.05) is 20.0 Å². The zero-order valence-corrected chi connectivity index (χ0v) is 14.0. The number of pyridine rings is 1. The largest absolute Gasteiger partial charge is 0.364 e. The molecule has 0 radical (unpaired) electrons. The molecule has 0 atom stereocenters. The first-order valence-electron chi connectivity index (χ1n) is 7.25. The van der Waals surface area contributed by atoms with Crippen LogP contribution in [0.25, 0.3) is 28.2 Å². The van der Waals surface area contributed by atoms with Gasteiger partial charge in [-0.1, -0.05) is 39.2 Å². The van der Waals surface area contributed by atoms with Gasteiger partial charge in [0.1, 0.15) is 0 Å². The van der Waals surface area contributed by atoms with Crippen molar-refractivity contribution in [1.29, 1.82) is 0 Å². The van der Waals surface area contributed by atoms with E-state index in [2.05, 4.69) is 52.4 Å². The Morgan fingerprint density at radius 3 is 2.64 bits per heavy atom. The molecule has 3 heterocycles. The highest BCUT2D eigenvalue weighted by molar-refractivity contribution is 7.16. The van der Waals surface area contributed by atoms with Gasteiger partial charge in [-0.15, -0.1) is 11.3 Å². The van der Waals surface area contributed by atoms with Crippen molar-refractivity contribution in [3.8, 4) is 5.82 Å². The van der Waals surface area contributed by atoms with Crippen molar-refractivity contribution in [2.24, 2.45) is 0 Å². The van der Waals surface area contributed by atoms with E-state index in [1.54, 1.807) is 29.7 Å².